The number of rotatable bonds is 6. The Morgan fingerprint density at radius 2 is 2.06 bits per heavy atom. The minimum Gasteiger partial charge on any atom is -0.487 e. The molecule has 0 unspecified atom stereocenters. The zero-order valence-corrected chi connectivity index (χ0v) is 21.8. The van der Waals surface area contributed by atoms with E-state index in [2.05, 4.69) is 11.8 Å². The maximum atomic E-state index is 12.8. The fourth-order valence-corrected chi connectivity index (χ4v) is 5.11. The highest BCUT2D eigenvalue weighted by molar-refractivity contribution is 6.30. The van der Waals surface area contributed by atoms with Gasteiger partial charge in [-0.2, -0.15) is 0 Å². The molecule has 1 aliphatic carbocycles. The van der Waals surface area contributed by atoms with E-state index in [1.165, 1.54) is 5.56 Å². The topological polar surface area (TPSA) is 55.8 Å². The average Bonchev–Trinajstić information content (AvgIpc) is 2.87. The van der Waals surface area contributed by atoms with Crippen LogP contribution < -0.4 is 9.64 Å². The summed E-state index contributed by atoms with van der Waals surface area (Å²) in [6, 6.07) is 11.5. The van der Waals surface area contributed by atoms with Gasteiger partial charge in [0, 0.05) is 23.5 Å². The lowest BCUT2D eigenvalue weighted by Gasteiger charge is -2.46. The Hall–Kier alpha value is -2.53. The lowest BCUT2D eigenvalue weighted by Crippen LogP contribution is -2.46. The predicted octanol–water partition coefficient (Wildman–Crippen LogP) is 6.49. The number of esters is 1. The maximum absolute atomic E-state index is 12.8. The van der Waals surface area contributed by atoms with Gasteiger partial charge >= 0.3 is 5.97 Å². The van der Waals surface area contributed by atoms with Gasteiger partial charge in [0.25, 0.3) is 0 Å². The highest BCUT2D eigenvalue weighted by atomic mass is 35.5. The van der Waals surface area contributed by atoms with Gasteiger partial charge in [-0.05, 0) is 85.4 Å². The second-order valence-corrected chi connectivity index (χ2v) is 11.1. The van der Waals surface area contributed by atoms with Crippen molar-refractivity contribution in [1.29, 1.82) is 0 Å². The van der Waals surface area contributed by atoms with Crippen LogP contribution in [0.2, 0.25) is 5.02 Å². The number of fused-ring (bicyclic) bond motifs is 2. The SMILES string of the molecule is CC(C)COC(=O)c1ccc2c(c1)N(C[C@@H]1CC[C@]1(C)C=O)CCCCc1cc(Cl)ccc1CO2. The molecule has 1 fully saturated rings. The highest BCUT2D eigenvalue weighted by Crippen LogP contribution is 2.46. The summed E-state index contributed by atoms with van der Waals surface area (Å²) < 4.78 is 11.9. The van der Waals surface area contributed by atoms with Crippen LogP contribution in [-0.2, 0) is 22.6 Å². The van der Waals surface area contributed by atoms with Gasteiger partial charge in [-0.3, -0.25) is 0 Å². The first-order chi connectivity index (χ1) is 16.8. The van der Waals surface area contributed by atoms with Crippen LogP contribution in [0.4, 0.5) is 5.69 Å². The first kappa shape index (κ1) is 25.6. The third-order valence-corrected chi connectivity index (χ3v) is 7.67. The van der Waals surface area contributed by atoms with Crippen molar-refractivity contribution >= 4 is 29.5 Å². The number of anilines is 1. The number of aldehydes is 1. The summed E-state index contributed by atoms with van der Waals surface area (Å²) in [7, 11) is 0. The van der Waals surface area contributed by atoms with Crippen LogP contribution in [0.15, 0.2) is 36.4 Å². The van der Waals surface area contributed by atoms with Gasteiger partial charge in [0.2, 0.25) is 0 Å². The van der Waals surface area contributed by atoms with E-state index in [4.69, 9.17) is 21.1 Å². The van der Waals surface area contributed by atoms with E-state index in [9.17, 15) is 9.59 Å². The molecular formula is C29H36ClNO4. The molecule has 0 amide bonds. The van der Waals surface area contributed by atoms with Crippen molar-refractivity contribution < 1.29 is 19.1 Å². The summed E-state index contributed by atoms with van der Waals surface area (Å²) in [5.41, 5.74) is 3.47. The van der Waals surface area contributed by atoms with Crippen LogP contribution >= 0.6 is 11.6 Å². The average molecular weight is 498 g/mol. The predicted molar refractivity (Wildman–Crippen MR) is 139 cm³/mol. The number of hydrogen-bond donors (Lipinski definition) is 0. The van der Waals surface area contributed by atoms with E-state index < -0.39 is 0 Å². The second-order valence-electron chi connectivity index (χ2n) is 10.6. The van der Waals surface area contributed by atoms with Crippen LogP contribution in [0.25, 0.3) is 0 Å². The third-order valence-electron chi connectivity index (χ3n) is 7.43. The summed E-state index contributed by atoms with van der Waals surface area (Å²) in [6.45, 7) is 8.49. The number of aryl methyl sites for hydroxylation is 1. The zero-order valence-electron chi connectivity index (χ0n) is 21.0. The van der Waals surface area contributed by atoms with E-state index in [-0.39, 0.29) is 23.2 Å². The molecule has 0 radical (unpaired) electrons. The van der Waals surface area contributed by atoms with Crippen molar-refractivity contribution in [2.75, 3.05) is 24.6 Å². The van der Waals surface area contributed by atoms with Crippen molar-refractivity contribution in [2.24, 2.45) is 17.3 Å². The lowest BCUT2D eigenvalue weighted by molar-refractivity contribution is -0.123. The molecule has 2 aromatic rings. The molecule has 1 aliphatic heterocycles. The van der Waals surface area contributed by atoms with Gasteiger partial charge in [0.15, 0.2) is 0 Å². The van der Waals surface area contributed by atoms with Crippen LogP contribution in [-0.4, -0.2) is 32.0 Å². The molecule has 0 spiro atoms. The number of carbonyl (C=O) groups is 2. The molecule has 6 heteroatoms. The molecule has 0 N–H and O–H groups in total. The number of halogens is 1. The molecule has 35 heavy (non-hydrogen) atoms. The van der Waals surface area contributed by atoms with Crippen molar-refractivity contribution in [3.05, 3.63) is 58.1 Å². The Morgan fingerprint density at radius 1 is 1.23 bits per heavy atom. The monoisotopic (exact) mass is 497 g/mol. The van der Waals surface area contributed by atoms with E-state index >= 15 is 0 Å². The summed E-state index contributed by atoms with van der Waals surface area (Å²) in [6.07, 6.45) is 6.01. The molecule has 0 saturated heterocycles. The van der Waals surface area contributed by atoms with Crippen molar-refractivity contribution in [3.63, 3.8) is 0 Å². The van der Waals surface area contributed by atoms with Gasteiger partial charge in [-0.15, -0.1) is 0 Å². The fourth-order valence-electron chi connectivity index (χ4n) is 4.92. The molecule has 0 aromatic heterocycles. The van der Waals surface area contributed by atoms with E-state index in [0.717, 1.165) is 73.5 Å². The number of carbonyl (C=O) groups excluding carboxylic acids is 2. The molecule has 2 atom stereocenters. The molecule has 2 aromatic carbocycles. The highest BCUT2D eigenvalue weighted by Gasteiger charge is 2.43. The third kappa shape index (κ3) is 6.00. The quantitative estimate of drug-likeness (QED) is 0.337. The van der Waals surface area contributed by atoms with E-state index in [0.29, 0.717) is 18.8 Å². The van der Waals surface area contributed by atoms with Crippen LogP contribution in [0.3, 0.4) is 0 Å². The summed E-state index contributed by atoms with van der Waals surface area (Å²) in [5.74, 6) is 0.968. The molecule has 2 aliphatic rings. The normalized spacial score (nSPS) is 22.2. The number of ether oxygens (including phenoxy) is 2. The van der Waals surface area contributed by atoms with Gasteiger partial charge in [-0.25, -0.2) is 4.79 Å². The fraction of sp³-hybridized carbons (Fsp3) is 0.517. The minimum absolute atomic E-state index is 0.271. The van der Waals surface area contributed by atoms with Crippen molar-refractivity contribution in [3.8, 4) is 5.75 Å². The second kappa shape index (κ2) is 11.0. The molecule has 4 rings (SSSR count). The largest absolute Gasteiger partial charge is 0.487 e. The molecule has 188 valence electrons. The first-order valence-electron chi connectivity index (χ1n) is 12.7. The van der Waals surface area contributed by atoms with Crippen molar-refractivity contribution in [2.45, 2.75) is 59.5 Å². The summed E-state index contributed by atoms with van der Waals surface area (Å²) in [5, 5.41) is 0.739. The van der Waals surface area contributed by atoms with Crippen LogP contribution in [0, 0.1) is 17.3 Å². The van der Waals surface area contributed by atoms with Crippen LogP contribution in [0.5, 0.6) is 5.75 Å². The van der Waals surface area contributed by atoms with Crippen molar-refractivity contribution in [1.82, 2.24) is 0 Å². The Morgan fingerprint density at radius 3 is 2.77 bits per heavy atom. The van der Waals surface area contributed by atoms with Gasteiger partial charge < -0.3 is 19.2 Å². The molecule has 1 saturated carbocycles. The smallest absolute Gasteiger partial charge is 0.338 e. The molecule has 0 bridgehead atoms. The van der Waals surface area contributed by atoms with Crippen LogP contribution in [0.1, 0.15) is 67.9 Å². The summed E-state index contributed by atoms with van der Waals surface area (Å²) >= 11 is 6.27. The molecule has 5 nitrogen and oxygen atoms in total. The number of hydrogen-bond acceptors (Lipinski definition) is 5. The van der Waals surface area contributed by atoms with Gasteiger partial charge in [-0.1, -0.05) is 38.4 Å². The Kier molecular flexibility index (Phi) is 8.05. The van der Waals surface area contributed by atoms with E-state index in [1.807, 2.05) is 44.2 Å². The zero-order chi connectivity index (χ0) is 25.0. The molecular weight excluding hydrogens is 462 g/mol. The van der Waals surface area contributed by atoms with Gasteiger partial charge in [0.1, 0.15) is 18.6 Å². The Balaban J connectivity index is 1.66. The first-order valence-corrected chi connectivity index (χ1v) is 13.1. The minimum atomic E-state index is -0.322. The number of benzene rings is 2. The maximum Gasteiger partial charge on any atom is 0.338 e. The standard InChI is InChI=1S/C29H36ClNO4/c1-20(2)17-35-28(33)22-8-10-27-26(15-22)31(16-24-11-12-29(24,3)19-32)13-5-4-6-21-14-25(30)9-7-23(21)18-34-27/h7-10,14-15,19-20,24H,4-6,11-13,16-18H2,1-3H3/t24-,29+/m0/s1. The van der Waals surface area contributed by atoms with E-state index in [1.54, 1.807) is 6.07 Å². The van der Waals surface area contributed by atoms with Gasteiger partial charge in [0.05, 0.1) is 17.9 Å². The lowest BCUT2D eigenvalue weighted by atomic mass is 9.62. The number of nitrogens with zero attached hydrogens (tertiary/aromatic N) is 1. The summed E-state index contributed by atoms with van der Waals surface area (Å²) in [4.78, 5) is 26.9. The Bertz CT molecular complexity index is 1070. The Labute approximate surface area is 213 Å². The molecule has 1 heterocycles.